The van der Waals surface area contributed by atoms with Crippen LogP contribution in [0.1, 0.15) is 12.5 Å². The van der Waals surface area contributed by atoms with Crippen LogP contribution in [0.2, 0.25) is 5.02 Å². The Morgan fingerprint density at radius 2 is 1.77 bits per heavy atom. The lowest BCUT2D eigenvalue weighted by Gasteiger charge is -2.15. The van der Waals surface area contributed by atoms with Crippen molar-refractivity contribution in [3.8, 4) is 0 Å². The number of amides is 1. The van der Waals surface area contributed by atoms with E-state index in [9.17, 15) is 4.79 Å². The van der Waals surface area contributed by atoms with Crippen LogP contribution in [-0.4, -0.2) is 16.1 Å². The quantitative estimate of drug-likeness (QED) is 0.443. The first-order valence-corrected chi connectivity index (χ1v) is 10.5. The second kappa shape index (κ2) is 9.11. The highest BCUT2D eigenvalue weighted by molar-refractivity contribution is 8.19. The number of allylic oxidation sites excluding steroid dienone is 2. The Balaban J connectivity index is 1.73. The lowest BCUT2D eigenvalue weighted by Crippen LogP contribution is -2.28. The molecule has 4 rings (SSSR count). The Morgan fingerprint density at radius 3 is 2.47 bits per heavy atom. The molecule has 148 valence electrons. The number of aliphatic imine (C=N–C) groups is 1. The third-order valence-corrected chi connectivity index (χ3v) is 5.60. The topological polar surface area (TPSA) is 45.6 Å². The zero-order valence-corrected chi connectivity index (χ0v) is 17.8. The maximum Gasteiger partial charge on any atom is 0.271 e. The molecule has 30 heavy (non-hydrogen) atoms. The highest BCUT2D eigenvalue weighted by Crippen LogP contribution is 2.37. The van der Waals surface area contributed by atoms with Crippen LogP contribution >= 0.6 is 23.4 Å². The first-order valence-electron chi connectivity index (χ1n) is 9.32. The molecule has 1 saturated heterocycles. The number of carbonyl (C=O) groups is 1. The van der Waals surface area contributed by atoms with Crippen molar-refractivity contribution in [1.82, 2.24) is 4.98 Å². The number of aromatic nitrogens is 1. The number of thioether (sulfide) groups is 1. The monoisotopic (exact) mass is 431 g/mol. The van der Waals surface area contributed by atoms with Gasteiger partial charge in [0.2, 0.25) is 0 Å². The molecule has 0 spiro atoms. The molecule has 2 heterocycles. The van der Waals surface area contributed by atoms with Gasteiger partial charge in [-0.15, -0.1) is 0 Å². The molecule has 0 saturated carbocycles. The lowest BCUT2D eigenvalue weighted by molar-refractivity contribution is -0.113. The molecule has 1 amide bonds. The van der Waals surface area contributed by atoms with E-state index in [-0.39, 0.29) is 5.91 Å². The van der Waals surface area contributed by atoms with E-state index in [0.717, 1.165) is 16.8 Å². The number of rotatable bonds is 4. The molecular formula is C24H18ClN3OS. The third-order valence-electron chi connectivity index (χ3n) is 4.34. The van der Waals surface area contributed by atoms with Crippen molar-refractivity contribution in [2.24, 2.45) is 4.99 Å². The third kappa shape index (κ3) is 4.53. The molecule has 3 aromatic rings. The van der Waals surface area contributed by atoms with Crippen molar-refractivity contribution in [3.05, 3.63) is 106 Å². The number of halogens is 1. The maximum absolute atomic E-state index is 13.3. The van der Waals surface area contributed by atoms with Crippen molar-refractivity contribution in [3.63, 3.8) is 0 Å². The highest BCUT2D eigenvalue weighted by Gasteiger charge is 2.34. The van der Waals surface area contributed by atoms with Gasteiger partial charge < -0.3 is 0 Å². The molecule has 0 unspecified atom stereocenters. The van der Waals surface area contributed by atoms with Gasteiger partial charge in [-0.1, -0.05) is 66.2 Å². The molecule has 0 aliphatic carbocycles. The second-order valence-corrected chi connectivity index (χ2v) is 8.02. The summed E-state index contributed by atoms with van der Waals surface area (Å²) in [5.41, 5.74) is 3.39. The lowest BCUT2D eigenvalue weighted by atomic mass is 10.1. The Kier molecular flexibility index (Phi) is 6.12. The van der Waals surface area contributed by atoms with Gasteiger partial charge in [0.15, 0.2) is 5.17 Å². The van der Waals surface area contributed by atoms with E-state index in [2.05, 4.69) is 9.98 Å². The average molecular weight is 432 g/mol. The normalized spacial score (nSPS) is 17.2. The predicted octanol–water partition coefficient (Wildman–Crippen LogP) is 6.49. The smallest absolute Gasteiger partial charge is 0.268 e. The van der Waals surface area contributed by atoms with E-state index >= 15 is 0 Å². The Morgan fingerprint density at radius 1 is 1.07 bits per heavy atom. The molecule has 0 N–H and O–H groups in total. The minimum Gasteiger partial charge on any atom is -0.268 e. The Hall–Kier alpha value is -3.15. The summed E-state index contributed by atoms with van der Waals surface area (Å²) in [5, 5.41) is 0.988. The summed E-state index contributed by atoms with van der Waals surface area (Å²) in [6, 6.07) is 21.2. The van der Waals surface area contributed by atoms with Crippen molar-refractivity contribution in [1.29, 1.82) is 0 Å². The minimum absolute atomic E-state index is 0.115. The molecule has 1 aliphatic rings. The van der Waals surface area contributed by atoms with Crippen LogP contribution in [0.3, 0.4) is 0 Å². The molecule has 4 nitrogen and oxygen atoms in total. The molecule has 6 heteroatoms. The van der Waals surface area contributed by atoms with Gasteiger partial charge in [-0.25, -0.2) is 4.99 Å². The van der Waals surface area contributed by atoms with Crippen LogP contribution in [-0.2, 0) is 4.79 Å². The summed E-state index contributed by atoms with van der Waals surface area (Å²) in [7, 11) is 0. The van der Waals surface area contributed by atoms with E-state index in [4.69, 9.17) is 11.6 Å². The second-order valence-electron chi connectivity index (χ2n) is 6.61. The number of amidine groups is 1. The summed E-state index contributed by atoms with van der Waals surface area (Å²) in [6.45, 7) is 1.98. The van der Waals surface area contributed by atoms with E-state index in [1.807, 2.05) is 79.7 Å². The molecule has 1 fully saturated rings. The number of para-hydroxylation sites is 1. The number of pyridine rings is 1. The van der Waals surface area contributed by atoms with Gasteiger partial charge in [-0.3, -0.25) is 14.7 Å². The van der Waals surface area contributed by atoms with Gasteiger partial charge in [0.25, 0.3) is 5.91 Å². The maximum atomic E-state index is 13.3. The van der Waals surface area contributed by atoms with Gasteiger partial charge in [0.05, 0.1) is 21.3 Å². The van der Waals surface area contributed by atoms with Crippen LogP contribution in [0.15, 0.2) is 101 Å². The SMILES string of the molecule is CC(/C=C1\SC(=Nc2ccncc2Cl)N(c2ccccc2)C1=O)=C\c1ccccc1. The van der Waals surface area contributed by atoms with E-state index in [0.29, 0.717) is 20.8 Å². The molecule has 0 bridgehead atoms. The van der Waals surface area contributed by atoms with E-state index in [1.54, 1.807) is 23.4 Å². The summed E-state index contributed by atoms with van der Waals surface area (Å²) in [4.78, 5) is 24.1. The van der Waals surface area contributed by atoms with Crippen LogP contribution in [0.25, 0.3) is 6.08 Å². The first-order chi connectivity index (χ1) is 14.6. The zero-order valence-electron chi connectivity index (χ0n) is 16.2. The Bertz CT molecular complexity index is 1160. The molecule has 1 aromatic heterocycles. The zero-order chi connectivity index (χ0) is 20.9. The fourth-order valence-electron chi connectivity index (χ4n) is 2.98. The Labute approximate surface area is 184 Å². The predicted molar refractivity (Wildman–Crippen MR) is 126 cm³/mol. The highest BCUT2D eigenvalue weighted by atomic mass is 35.5. The van der Waals surface area contributed by atoms with Crippen molar-refractivity contribution in [2.45, 2.75) is 6.92 Å². The molecule has 0 atom stereocenters. The average Bonchev–Trinajstić information content (AvgIpc) is 3.05. The van der Waals surface area contributed by atoms with E-state index < -0.39 is 0 Å². The molecule has 2 aromatic carbocycles. The van der Waals surface area contributed by atoms with Gasteiger partial charge in [0, 0.05) is 12.4 Å². The minimum atomic E-state index is -0.115. The molecule has 0 radical (unpaired) electrons. The van der Waals surface area contributed by atoms with Crippen LogP contribution in [0, 0.1) is 0 Å². The first kappa shape index (κ1) is 20.1. The number of hydrogen-bond acceptors (Lipinski definition) is 4. The summed E-state index contributed by atoms with van der Waals surface area (Å²) < 4.78 is 0. The number of carbonyl (C=O) groups excluding carboxylic acids is 1. The van der Waals surface area contributed by atoms with E-state index in [1.165, 1.54) is 11.8 Å². The van der Waals surface area contributed by atoms with Crippen molar-refractivity contribution >= 4 is 51.9 Å². The van der Waals surface area contributed by atoms with Gasteiger partial charge >= 0.3 is 0 Å². The number of nitrogens with zero attached hydrogens (tertiary/aromatic N) is 3. The number of benzene rings is 2. The van der Waals surface area contributed by atoms with Gasteiger partial charge in [-0.05, 0) is 54.1 Å². The summed E-state index contributed by atoms with van der Waals surface area (Å²) in [5.74, 6) is -0.115. The summed E-state index contributed by atoms with van der Waals surface area (Å²) >= 11 is 7.57. The standard InChI is InChI=1S/C24H18ClN3OS/c1-17(14-18-8-4-2-5-9-18)15-22-23(29)28(19-10-6-3-7-11-19)24(30-22)27-21-12-13-26-16-20(21)25/h2-16H,1H3/b17-14+,22-15-,27-24?. The van der Waals surface area contributed by atoms with Crippen molar-refractivity contribution in [2.75, 3.05) is 4.90 Å². The van der Waals surface area contributed by atoms with Crippen LogP contribution < -0.4 is 4.90 Å². The molecule has 1 aliphatic heterocycles. The fourth-order valence-corrected chi connectivity index (χ4v) is 4.18. The van der Waals surface area contributed by atoms with Gasteiger partial charge in [-0.2, -0.15) is 0 Å². The fraction of sp³-hybridized carbons (Fsp3) is 0.0417. The van der Waals surface area contributed by atoms with Crippen molar-refractivity contribution < 1.29 is 4.79 Å². The number of anilines is 1. The van der Waals surface area contributed by atoms with Gasteiger partial charge in [0.1, 0.15) is 0 Å². The molecular weight excluding hydrogens is 414 g/mol. The van der Waals surface area contributed by atoms with Crippen LogP contribution in [0.4, 0.5) is 11.4 Å². The number of hydrogen-bond donors (Lipinski definition) is 0. The largest absolute Gasteiger partial charge is 0.271 e. The van der Waals surface area contributed by atoms with Crippen LogP contribution in [0.5, 0.6) is 0 Å². The summed E-state index contributed by atoms with van der Waals surface area (Å²) in [6.07, 6.45) is 7.11.